The van der Waals surface area contributed by atoms with Crippen molar-refractivity contribution in [1.82, 2.24) is 15.2 Å². The van der Waals surface area contributed by atoms with Crippen LogP contribution in [-0.2, 0) is 10.2 Å². The largest absolute Gasteiger partial charge is 0.411 e. The number of hydrogen-bond acceptors (Lipinski definition) is 7. The molecular weight excluding hydrogens is 440 g/mol. The molecule has 0 aliphatic rings. The summed E-state index contributed by atoms with van der Waals surface area (Å²) in [5.41, 5.74) is 4.06. The van der Waals surface area contributed by atoms with Crippen LogP contribution in [0.5, 0.6) is 0 Å². The van der Waals surface area contributed by atoms with E-state index in [4.69, 9.17) is 4.42 Å². The lowest BCUT2D eigenvalue weighted by atomic mass is 9.87. The molecule has 0 spiro atoms. The average Bonchev–Trinajstić information content (AvgIpc) is 3.47. The van der Waals surface area contributed by atoms with Crippen molar-refractivity contribution < 1.29 is 9.21 Å². The highest BCUT2D eigenvalue weighted by Crippen LogP contribution is 2.29. The van der Waals surface area contributed by atoms with Crippen LogP contribution in [0.4, 0.5) is 5.13 Å². The third-order valence-corrected chi connectivity index (χ3v) is 6.67. The van der Waals surface area contributed by atoms with Gasteiger partial charge in [0.25, 0.3) is 5.22 Å². The predicted molar refractivity (Wildman–Crippen MR) is 130 cm³/mol. The van der Waals surface area contributed by atoms with Crippen LogP contribution in [0.1, 0.15) is 26.3 Å². The van der Waals surface area contributed by atoms with Crippen molar-refractivity contribution in [2.75, 3.05) is 17.7 Å². The van der Waals surface area contributed by atoms with Crippen molar-refractivity contribution >= 4 is 34.1 Å². The minimum Gasteiger partial charge on any atom is -0.411 e. The predicted octanol–water partition coefficient (Wildman–Crippen LogP) is 5.91. The molecule has 8 heteroatoms. The molecule has 2 aromatic carbocycles. The van der Waals surface area contributed by atoms with Gasteiger partial charge in [0.1, 0.15) is 0 Å². The Morgan fingerprint density at radius 3 is 2.44 bits per heavy atom. The van der Waals surface area contributed by atoms with E-state index in [0.29, 0.717) is 16.2 Å². The summed E-state index contributed by atoms with van der Waals surface area (Å²) in [6.45, 7) is 6.52. The Hall–Kier alpha value is -2.97. The highest BCUT2D eigenvalue weighted by atomic mass is 32.2. The molecule has 0 N–H and O–H groups in total. The summed E-state index contributed by atoms with van der Waals surface area (Å²) in [5.74, 6) is 0.542. The lowest BCUT2D eigenvalue weighted by molar-refractivity contribution is -0.115. The zero-order valence-electron chi connectivity index (χ0n) is 18.4. The molecule has 0 radical (unpaired) electrons. The van der Waals surface area contributed by atoms with Crippen LogP contribution < -0.4 is 4.90 Å². The Morgan fingerprint density at radius 1 is 1.03 bits per heavy atom. The number of anilines is 1. The molecule has 0 aliphatic heterocycles. The van der Waals surface area contributed by atoms with Gasteiger partial charge in [0, 0.05) is 23.6 Å². The molecule has 2 aromatic heterocycles. The monoisotopic (exact) mass is 464 g/mol. The summed E-state index contributed by atoms with van der Waals surface area (Å²) in [6, 6.07) is 18.0. The Bertz CT molecular complexity index is 1190. The van der Waals surface area contributed by atoms with Gasteiger partial charge in [-0.1, -0.05) is 75.0 Å². The molecule has 0 saturated heterocycles. The first-order valence-electron chi connectivity index (χ1n) is 10.2. The van der Waals surface area contributed by atoms with E-state index in [1.54, 1.807) is 11.9 Å². The standard InChI is InChI=1S/C24H24N4O2S2/c1-24(2,3)18-12-10-17(11-13-18)21-26-27-23(30-21)32-15-20(29)28(4)22-25-19(14-31-22)16-8-6-5-7-9-16/h5-14H,15H2,1-4H3. The van der Waals surface area contributed by atoms with Gasteiger partial charge >= 0.3 is 0 Å². The molecule has 1 amide bonds. The minimum absolute atomic E-state index is 0.0834. The molecule has 4 aromatic rings. The van der Waals surface area contributed by atoms with Crippen LogP contribution in [0.15, 0.2) is 69.6 Å². The Kier molecular flexibility index (Phi) is 6.43. The first-order valence-corrected chi connectivity index (χ1v) is 12.0. The number of carbonyl (C=O) groups is 1. The fourth-order valence-corrected chi connectivity index (χ4v) is 4.48. The van der Waals surface area contributed by atoms with Gasteiger partial charge in [-0.25, -0.2) is 4.98 Å². The number of rotatable bonds is 6. The van der Waals surface area contributed by atoms with Gasteiger partial charge in [0.05, 0.1) is 11.4 Å². The van der Waals surface area contributed by atoms with Gasteiger partial charge in [0.2, 0.25) is 11.8 Å². The van der Waals surface area contributed by atoms with Gasteiger partial charge in [-0.05, 0) is 23.1 Å². The highest BCUT2D eigenvalue weighted by Gasteiger charge is 2.18. The van der Waals surface area contributed by atoms with Crippen LogP contribution in [0, 0.1) is 0 Å². The molecule has 4 rings (SSSR count). The van der Waals surface area contributed by atoms with E-state index in [9.17, 15) is 4.79 Å². The van der Waals surface area contributed by atoms with Crippen LogP contribution >= 0.6 is 23.1 Å². The molecule has 0 fully saturated rings. The van der Waals surface area contributed by atoms with E-state index in [1.807, 2.05) is 47.8 Å². The van der Waals surface area contributed by atoms with Crippen molar-refractivity contribution in [3.63, 3.8) is 0 Å². The summed E-state index contributed by atoms with van der Waals surface area (Å²) in [4.78, 5) is 18.8. The number of carbonyl (C=O) groups excluding carboxylic acids is 1. The van der Waals surface area contributed by atoms with E-state index in [0.717, 1.165) is 16.8 Å². The Morgan fingerprint density at radius 2 is 1.75 bits per heavy atom. The Balaban J connectivity index is 1.36. The number of hydrogen-bond donors (Lipinski definition) is 0. The maximum absolute atomic E-state index is 12.7. The maximum atomic E-state index is 12.7. The molecule has 6 nitrogen and oxygen atoms in total. The molecule has 0 atom stereocenters. The summed E-state index contributed by atoms with van der Waals surface area (Å²) in [7, 11) is 1.73. The number of thiazole rings is 1. The summed E-state index contributed by atoms with van der Waals surface area (Å²) in [6.07, 6.45) is 0. The number of benzene rings is 2. The Labute approximate surface area is 195 Å². The van der Waals surface area contributed by atoms with Gasteiger partial charge in [0.15, 0.2) is 5.13 Å². The topological polar surface area (TPSA) is 72.1 Å². The van der Waals surface area contributed by atoms with Crippen LogP contribution in [0.25, 0.3) is 22.7 Å². The molecular formula is C24H24N4O2S2. The zero-order valence-corrected chi connectivity index (χ0v) is 20.0. The normalized spacial score (nSPS) is 11.5. The summed E-state index contributed by atoms with van der Waals surface area (Å²) < 4.78 is 5.75. The molecule has 0 bridgehead atoms. The smallest absolute Gasteiger partial charge is 0.277 e. The summed E-state index contributed by atoms with van der Waals surface area (Å²) in [5, 5.41) is 11.2. The van der Waals surface area contributed by atoms with Crippen molar-refractivity contribution in [2.24, 2.45) is 0 Å². The second kappa shape index (κ2) is 9.26. The first kappa shape index (κ1) is 22.2. The minimum atomic E-state index is -0.0850. The molecule has 32 heavy (non-hydrogen) atoms. The molecule has 0 unspecified atom stereocenters. The van der Waals surface area contributed by atoms with E-state index < -0.39 is 0 Å². The van der Waals surface area contributed by atoms with Gasteiger partial charge in [-0.15, -0.1) is 21.5 Å². The third-order valence-electron chi connectivity index (χ3n) is 4.95. The summed E-state index contributed by atoms with van der Waals surface area (Å²) >= 11 is 2.66. The fourth-order valence-electron chi connectivity index (χ4n) is 2.98. The second-order valence-electron chi connectivity index (χ2n) is 8.32. The lowest BCUT2D eigenvalue weighted by Crippen LogP contribution is -2.27. The van der Waals surface area contributed by atoms with Gasteiger partial charge in [-0.2, -0.15) is 0 Å². The highest BCUT2D eigenvalue weighted by molar-refractivity contribution is 7.99. The van der Waals surface area contributed by atoms with Crippen LogP contribution in [0.2, 0.25) is 0 Å². The zero-order chi connectivity index (χ0) is 22.7. The van der Waals surface area contributed by atoms with Gasteiger partial charge < -0.3 is 4.42 Å². The molecule has 0 saturated carbocycles. The van der Waals surface area contributed by atoms with Crippen molar-refractivity contribution in [3.8, 4) is 22.7 Å². The molecule has 2 heterocycles. The number of aromatic nitrogens is 3. The molecule has 164 valence electrons. The number of thioether (sulfide) groups is 1. The van der Waals surface area contributed by atoms with E-state index in [2.05, 4.69) is 48.1 Å². The van der Waals surface area contributed by atoms with Crippen molar-refractivity contribution in [2.45, 2.75) is 31.4 Å². The first-order chi connectivity index (χ1) is 15.3. The average molecular weight is 465 g/mol. The quantitative estimate of drug-likeness (QED) is 0.330. The van der Waals surface area contributed by atoms with E-state index in [-0.39, 0.29) is 17.1 Å². The van der Waals surface area contributed by atoms with Crippen molar-refractivity contribution in [1.29, 1.82) is 0 Å². The lowest BCUT2D eigenvalue weighted by Gasteiger charge is -2.18. The number of nitrogens with zero attached hydrogens (tertiary/aromatic N) is 4. The van der Waals surface area contributed by atoms with Crippen LogP contribution in [0.3, 0.4) is 0 Å². The number of amides is 1. The van der Waals surface area contributed by atoms with Gasteiger partial charge in [-0.3, -0.25) is 9.69 Å². The van der Waals surface area contributed by atoms with Crippen LogP contribution in [-0.4, -0.2) is 33.9 Å². The maximum Gasteiger partial charge on any atom is 0.277 e. The molecule has 0 aliphatic carbocycles. The van der Waals surface area contributed by atoms with E-state index in [1.165, 1.54) is 28.7 Å². The third kappa shape index (κ3) is 5.08. The fraction of sp³-hybridized carbons (Fsp3) is 0.250. The second-order valence-corrected chi connectivity index (χ2v) is 10.1. The van der Waals surface area contributed by atoms with Crippen molar-refractivity contribution in [3.05, 3.63) is 65.5 Å². The van der Waals surface area contributed by atoms with E-state index >= 15 is 0 Å². The SMILES string of the molecule is CN(C(=O)CSc1nnc(-c2ccc(C(C)(C)C)cc2)o1)c1nc(-c2ccccc2)cs1.